The van der Waals surface area contributed by atoms with Gasteiger partial charge in [-0.2, -0.15) is 0 Å². The summed E-state index contributed by atoms with van der Waals surface area (Å²) in [7, 11) is 0. The average molecular weight is 548 g/mol. The fraction of sp³-hybridized carbons (Fsp3) is 0.448. The fourth-order valence-corrected chi connectivity index (χ4v) is 4.80. The van der Waals surface area contributed by atoms with Crippen LogP contribution in [-0.4, -0.2) is 73.6 Å². The van der Waals surface area contributed by atoms with Gasteiger partial charge in [-0.15, -0.1) is 0 Å². The molecule has 0 bridgehead atoms. The Morgan fingerprint density at radius 2 is 1.95 bits per heavy atom. The first kappa shape index (κ1) is 28.9. The number of anilines is 1. The summed E-state index contributed by atoms with van der Waals surface area (Å²) in [5, 5.41) is 15.8. The number of hydrogen-bond acceptors (Lipinski definition) is 8. The first-order valence-electron chi connectivity index (χ1n) is 13.8. The minimum absolute atomic E-state index is 0.0114. The van der Waals surface area contributed by atoms with Crippen LogP contribution in [0.1, 0.15) is 42.5 Å². The topological polar surface area (TPSA) is 142 Å². The molecular weight excluding hydrogens is 510 g/mol. The van der Waals surface area contributed by atoms with Gasteiger partial charge < -0.3 is 25.2 Å². The molecule has 1 atom stereocenters. The number of carboxylic acid groups (broad SMARTS) is 1. The van der Waals surface area contributed by atoms with Gasteiger partial charge in [0.15, 0.2) is 0 Å². The van der Waals surface area contributed by atoms with E-state index in [4.69, 9.17) is 4.98 Å². The van der Waals surface area contributed by atoms with Gasteiger partial charge in [0.05, 0.1) is 6.42 Å². The molecule has 0 aliphatic carbocycles. The molecule has 0 spiro atoms. The number of unbranched alkanes of at least 4 members (excludes halogenated alkanes) is 1. The van der Waals surface area contributed by atoms with Crippen LogP contribution < -0.4 is 16.2 Å². The van der Waals surface area contributed by atoms with E-state index in [0.717, 1.165) is 56.7 Å². The van der Waals surface area contributed by atoms with E-state index in [-0.39, 0.29) is 18.4 Å². The number of aliphatic carboxylic acids is 1. The van der Waals surface area contributed by atoms with Gasteiger partial charge in [0, 0.05) is 56.5 Å². The lowest BCUT2D eigenvalue weighted by Gasteiger charge is -2.25. The number of rotatable bonds is 15. The molecule has 40 heavy (non-hydrogen) atoms. The van der Waals surface area contributed by atoms with Gasteiger partial charge in [-0.25, -0.2) is 19.7 Å². The predicted octanol–water partition coefficient (Wildman–Crippen LogP) is 1.92. The number of nitrogens with one attached hydrogen (secondary N) is 2. The lowest BCUT2D eigenvalue weighted by molar-refractivity contribution is -0.142. The number of fused-ring (bicyclic) bond motifs is 1. The summed E-state index contributed by atoms with van der Waals surface area (Å²) in [5.41, 5.74) is 2.88. The van der Waals surface area contributed by atoms with Crippen LogP contribution in [-0.2, 0) is 35.4 Å². The molecule has 0 radical (unpaired) electrons. The van der Waals surface area contributed by atoms with E-state index >= 15 is 0 Å². The van der Waals surface area contributed by atoms with E-state index in [9.17, 15) is 19.5 Å². The maximum absolute atomic E-state index is 12.5. The summed E-state index contributed by atoms with van der Waals surface area (Å²) in [5.74, 6) is -0.471. The van der Waals surface area contributed by atoms with Crippen LogP contribution in [0, 0.1) is 0 Å². The third-order valence-electron chi connectivity index (χ3n) is 7.01. The summed E-state index contributed by atoms with van der Waals surface area (Å²) in [6, 6.07) is 8.30. The highest BCUT2D eigenvalue weighted by Gasteiger charge is 2.21. The zero-order valence-corrected chi connectivity index (χ0v) is 22.7. The quantitative estimate of drug-likeness (QED) is 0.243. The van der Waals surface area contributed by atoms with E-state index in [0.29, 0.717) is 25.2 Å². The lowest BCUT2D eigenvalue weighted by Crippen LogP contribution is -2.44. The van der Waals surface area contributed by atoms with E-state index in [2.05, 4.69) is 37.6 Å². The van der Waals surface area contributed by atoms with Crippen LogP contribution >= 0.6 is 0 Å². The van der Waals surface area contributed by atoms with Crippen molar-refractivity contribution in [3.63, 3.8) is 0 Å². The van der Waals surface area contributed by atoms with Crippen LogP contribution in [0.25, 0.3) is 0 Å². The standard InChI is InChI=1S/C29H37N7O4/c37-26(18-22-19-30-21-31-20-22)34-25(29(39)40)11-15-35(16-17-36-14-4-2-8-27(36)38)13-3-1-7-24-10-9-23-6-5-12-32-28(23)33-24/h2,4,8-10,14,19-21,25H,1,3,5-7,11-13,15-18H2,(H,32,33)(H,34,37)(H,39,40). The summed E-state index contributed by atoms with van der Waals surface area (Å²) in [4.78, 5) is 51.3. The Kier molecular flexibility index (Phi) is 10.7. The van der Waals surface area contributed by atoms with Crippen molar-refractivity contribution in [3.05, 3.63) is 82.4 Å². The number of carbonyl (C=O) groups is 2. The third-order valence-corrected chi connectivity index (χ3v) is 7.01. The maximum atomic E-state index is 12.5. The minimum atomic E-state index is -1.08. The monoisotopic (exact) mass is 547 g/mol. The highest BCUT2D eigenvalue weighted by Crippen LogP contribution is 2.20. The molecule has 0 fully saturated rings. The summed E-state index contributed by atoms with van der Waals surface area (Å²) in [6.45, 7) is 3.25. The van der Waals surface area contributed by atoms with Crippen molar-refractivity contribution in [2.24, 2.45) is 0 Å². The normalized spacial score (nSPS) is 13.3. The van der Waals surface area contributed by atoms with Crippen molar-refractivity contribution in [1.82, 2.24) is 29.7 Å². The number of carbonyl (C=O) groups excluding carboxylic acids is 1. The zero-order valence-electron chi connectivity index (χ0n) is 22.7. The molecule has 1 aliphatic rings. The van der Waals surface area contributed by atoms with Crippen molar-refractivity contribution in [2.75, 3.05) is 31.5 Å². The number of aryl methyl sites for hydroxylation is 2. The zero-order chi connectivity index (χ0) is 28.2. The van der Waals surface area contributed by atoms with Crippen LogP contribution in [0.3, 0.4) is 0 Å². The van der Waals surface area contributed by atoms with Gasteiger partial charge in [0.1, 0.15) is 18.2 Å². The second-order valence-corrected chi connectivity index (χ2v) is 10.0. The molecular formula is C29H37N7O4. The molecule has 3 aromatic rings. The van der Waals surface area contributed by atoms with Crippen LogP contribution in [0.4, 0.5) is 5.82 Å². The maximum Gasteiger partial charge on any atom is 0.326 e. The van der Waals surface area contributed by atoms with Crippen molar-refractivity contribution < 1.29 is 14.7 Å². The summed E-state index contributed by atoms with van der Waals surface area (Å²) in [6.07, 6.45) is 11.3. The molecule has 4 heterocycles. The number of hydrogen-bond donors (Lipinski definition) is 3. The van der Waals surface area contributed by atoms with Crippen molar-refractivity contribution in [1.29, 1.82) is 0 Å². The van der Waals surface area contributed by atoms with Gasteiger partial charge in [0.25, 0.3) is 5.56 Å². The highest BCUT2D eigenvalue weighted by molar-refractivity contribution is 5.84. The first-order valence-corrected chi connectivity index (χ1v) is 13.8. The lowest BCUT2D eigenvalue weighted by atomic mass is 10.1. The Morgan fingerprint density at radius 3 is 2.75 bits per heavy atom. The first-order chi connectivity index (χ1) is 19.5. The molecule has 1 aliphatic heterocycles. The highest BCUT2D eigenvalue weighted by atomic mass is 16.4. The van der Waals surface area contributed by atoms with E-state index in [1.165, 1.54) is 30.4 Å². The molecule has 0 saturated carbocycles. The third kappa shape index (κ3) is 8.98. The number of nitrogens with zero attached hydrogens (tertiary/aromatic N) is 5. The minimum Gasteiger partial charge on any atom is -0.480 e. The predicted molar refractivity (Wildman–Crippen MR) is 151 cm³/mol. The van der Waals surface area contributed by atoms with Crippen LogP contribution in [0.5, 0.6) is 0 Å². The van der Waals surface area contributed by atoms with Gasteiger partial charge in [-0.05, 0) is 68.3 Å². The van der Waals surface area contributed by atoms with E-state index in [1.807, 2.05) is 6.07 Å². The number of aromatic nitrogens is 4. The number of carboxylic acids is 1. The molecule has 3 aromatic heterocycles. The Hall–Kier alpha value is -4.12. The Morgan fingerprint density at radius 1 is 1.10 bits per heavy atom. The molecule has 0 saturated heterocycles. The van der Waals surface area contributed by atoms with Gasteiger partial charge in [-0.3, -0.25) is 9.59 Å². The molecule has 11 heteroatoms. The molecule has 0 aromatic carbocycles. The molecule has 212 valence electrons. The van der Waals surface area contributed by atoms with Crippen LogP contribution in [0.15, 0.2) is 60.0 Å². The second-order valence-electron chi connectivity index (χ2n) is 10.0. The molecule has 3 N–H and O–H groups in total. The van der Waals surface area contributed by atoms with Crippen molar-refractivity contribution >= 4 is 17.7 Å². The summed E-state index contributed by atoms with van der Waals surface area (Å²) >= 11 is 0. The van der Waals surface area contributed by atoms with E-state index < -0.39 is 17.9 Å². The largest absolute Gasteiger partial charge is 0.480 e. The number of amides is 1. The second kappa shape index (κ2) is 14.9. The van der Waals surface area contributed by atoms with Crippen molar-refractivity contribution in [3.8, 4) is 0 Å². The Balaban J connectivity index is 1.31. The fourth-order valence-electron chi connectivity index (χ4n) is 4.80. The average Bonchev–Trinajstić information content (AvgIpc) is 2.96. The molecule has 4 rings (SSSR count). The van der Waals surface area contributed by atoms with E-state index in [1.54, 1.807) is 16.8 Å². The summed E-state index contributed by atoms with van der Waals surface area (Å²) < 4.78 is 1.65. The number of pyridine rings is 2. The smallest absolute Gasteiger partial charge is 0.326 e. The van der Waals surface area contributed by atoms with Gasteiger partial charge >= 0.3 is 5.97 Å². The Bertz CT molecular complexity index is 1310. The van der Waals surface area contributed by atoms with Crippen molar-refractivity contribution in [2.45, 2.75) is 57.5 Å². The van der Waals surface area contributed by atoms with Crippen LogP contribution in [0.2, 0.25) is 0 Å². The van der Waals surface area contributed by atoms with Gasteiger partial charge in [0.2, 0.25) is 5.91 Å². The van der Waals surface area contributed by atoms with Gasteiger partial charge in [-0.1, -0.05) is 12.1 Å². The molecule has 1 amide bonds. The SMILES string of the molecule is O=C(Cc1cncnc1)NC(CCN(CCCCc1ccc2c(n1)NCCC2)CCn1ccccc1=O)C(=O)O. The molecule has 1 unspecified atom stereocenters. The molecule has 11 nitrogen and oxygen atoms in total. The Labute approximate surface area is 233 Å².